The molecule has 0 aromatic heterocycles. The Morgan fingerprint density at radius 1 is 0.737 bits per heavy atom. The van der Waals surface area contributed by atoms with E-state index in [0.717, 1.165) is 11.8 Å². The van der Waals surface area contributed by atoms with Crippen molar-refractivity contribution < 1.29 is 0 Å². The maximum Gasteiger partial charge on any atom is -0.0152 e. The van der Waals surface area contributed by atoms with Crippen molar-refractivity contribution in [3.63, 3.8) is 0 Å². The van der Waals surface area contributed by atoms with Gasteiger partial charge < -0.3 is 0 Å². The second kappa shape index (κ2) is 6.46. The van der Waals surface area contributed by atoms with Gasteiger partial charge in [-0.15, -0.1) is 7.92 Å². The molecular formula is C18H33P. The van der Waals surface area contributed by atoms with Gasteiger partial charge in [-0.1, -0.05) is 26.7 Å². The van der Waals surface area contributed by atoms with Crippen LogP contribution in [-0.2, 0) is 0 Å². The Bertz CT molecular complexity index is 249. The minimum absolute atomic E-state index is 0.378. The van der Waals surface area contributed by atoms with E-state index in [1.54, 1.807) is 44.4 Å². The molecule has 0 atom stereocenters. The molecule has 0 saturated heterocycles. The van der Waals surface area contributed by atoms with Crippen molar-refractivity contribution in [2.24, 2.45) is 23.7 Å². The van der Waals surface area contributed by atoms with Gasteiger partial charge in [0.05, 0.1) is 0 Å². The summed E-state index contributed by atoms with van der Waals surface area (Å²) in [6.07, 6.45) is 17.2. The summed E-state index contributed by atoms with van der Waals surface area (Å²) in [6, 6.07) is 0. The number of unbranched alkanes of at least 4 members (excludes halogenated alkanes) is 2. The molecule has 0 aromatic carbocycles. The molecule has 0 radical (unpaired) electrons. The van der Waals surface area contributed by atoms with E-state index < -0.39 is 0 Å². The fourth-order valence-electron chi connectivity index (χ4n) is 5.63. The fraction of sp³-hybridized carbons (Fsp3) is 1.00. The van der Waals surface area contributed by atoms with Crippen LogP contribution in [0.25, 0.3) is 0 Å². The van der Waals surface area contributed by atoms with Crippen LogP contribution in [0, 0.1) is 23.7 Å². The van der Waals surface area contributed by atoms with Crippen LogP contribution in [-0.4, -0.2) is 18.0 Å². The Morgan fingerprint density at radius 2 is 1.21 bits per heavy atom. The molecule has 0 aromatic rings. The van der Waals surface area contributed by atoms with Crippen LogP contribution in [0.3, 0.4) is 0 Å². The molecule has 4 rings (SSSR count). The highest BCUT2D eigenvalue weighted by Crippen LogP contribution is 2.63. The molecule has 0 spiro atoms. The van der Waals surface area contributed by atoms with Gasteiger partial charge in [0.1, 0.15) is 0 Å². The zero-order valence-electron chi connectivity index (χ0n) is 13.1. The molecule has 1 heteroatoms. The lowest BCUT2D eigenvalue weighted by Crippen LogP contribution is -2.47. The van der Waals surface area contributed by atoms with Crippen LogP contribution in [0.1, 0.15) is 71.6 Å². The zero-order chi connectivity index (χ0) is 13.2. The van der Waals surface area contributed by atoms with Crippen molar-refractivity contribution in [2.75, 3.05) is 12.3 Å². The van der Waals surface area contributed by atoms with Crippen LogP contribution >= 0.6 is 7.92 Å². The molecule has 19 heavy (non-hydrogen) atoms. The first-order valence-corrected chi connectivity index (χ1v) is 10.8. The average molecular weight is 280 g/mol. The van der Waals surface area contributed by atoms with Gasteiger partial charge in [-0.25, -0.2) is 0 Å². The van der Waals surface area contributed by atoms with Gasteiger partial charge in [0.2, 0.25) is 0 Å². The number of rotatable bonds is 7. The molecule has 0 aliphatic heterocycles. The van der Waals surface area contributed by atoms with E-state index in [1.807, 2.05) is 0 Å². The van der Waals surface area contributed by atoms with Crippen molar-refractivity contribution in [1.29, 1.82) is 0 Å². The molecule has 4 saturated carbocycles. The van der Waals surface area contributed by atoms with E-state index >= 15 is 0 Å². The minimum atomic E-state index is 0.378. The predicted molar refractivity (Wildman–Crippen MR) is 87.3 cm³/mol. The third kappa shape index (κ3) is 3.04. The minimum Gasteiger partial charge on any atom is -0.103 e. The van der Waals surface area contributed by atoms with Gasteiger partial charge in [-0.05, 0) is 86.6 Å². The van der Waals surface area contributed by atoms with Crippen molar-refractivity contribution in [2.45, 2.75) is 77.3 Å². The summed E-state index contributed by atoms with van der Waals surface area (Å²) in [5, 5.41) is 0. The summed E-state index contributed by atoms with van der Waals surface area (Å²) in [4.78, 5) is 0. The predicted octanol–water partition coefficient (Wildman–Crippen LogP) is 5.89. The van der Waals surface area contributed by atoms with Crippen molar-refractivity contribution in [3.8, 4) is 0 Å². The van der Waals surface area contributed by atoms with Crippen molar-refractivity contribution in [3.05, 3.63) is 0 Å². The standard InChI is InChI=1S/C18H33P/c1-3-5-7-19(8-6-4-2)18-16-10-14-9-15(12-16)13-17(18)11-14/h14-18H,3-13H2,1-2H3. The Morgan fingerprint density at radius 3 is 1.63 bits per heavy atom. The largest absolute Gasteiger partial charge is 0.103 e. The van der Waals surface area contributed by atoms with E-state index in [4.69, 9.17) is 0 Å². The molecule has 4 aliphatic carbocycles. The molecule has 0 N–H and O–H groups in total. The molecular weight excluding hydrogens is 247 g/mol. The van der Waals surface area contributed by atoms with Gasteiger partial charge in [0, 0.05) is 0 Å². The van der Waals surface area contributed by atoms with E-state index in [1.165, 1.54) is 43.2 Å². The van der Waals surface area contributed by atoms with Gasteiger partial charge in [-0.2, -0.15) is 0 Å². The number of hydrogen-bond donors (Lipinski definition) is 0. The highest BCUT2D eigenvalue weighted by atomic mass is 31.1. The summed E-state index contributed by atoms with van der Waals surface area (Å²) >= 11 is 0. The van der Waals surface area contributed by atoms with Gasteiger partial charge in [0.25, 0.3) is 0 Å². The molecule has 0 unspecified atom stereocenters. The molecule has 0 heterocycles. The molecule has 110 valence electrons. The summed E-state index contributed by atoms with van der Waals surface area (Å²) in [6.45, 7) is 4.76. The van der Waals surface area contributed by atoms with Crippen LogP contribution in [0.5, 0.6) is 0 Å². The first-order chi connectivity index (χ1) is 9.31. The second-order valence-corrected chi connectivity index (χ2v) is 10.3. The van der Waals surface area contributed by atoms with Crippen molar-refractivity contribution >= 4 is 7.92 Å². The topological polar surface area (TPSA) is 0 Å². The quantitative estimate of drug-likeness (QED) is 0.510. The third-order valence-electron chi connectivity index (χ3n) is 6.20. The summed E-state index contributed by atoms with van der Waals surface area (Å²) in [5.74, 6) is 4.67. The van der Waals surface area contributed by atoms with E-state index in [2.05, 4.69) is 13.8 Å². The monoisotopic (exact) mass is 280 g/mol. The lowest BCUT2D eigenvalue weighted by Gasteiger charge is -2.56. The highest BCUT2D eigenvalue weighted by Gasteiger charge is 2.49. The molecule has 0 nitrogen and oxygen atoms in total. The van der Waals surface area contributed by atoms with Gasteiger partial charge >= 0.3 is 0 Å². The smallest absolute Gasteiger partial charge is 0.0152 e. The lowest BCUT2D eigenvalue weighted by atomic mass is 9.56. The first-order valence-electron chi connectivity index (χ1n) is 9.05. The lowest BCUT2D eigenvalue weighted by molar-refractivity contribution is 0.0247. The third-order valence-corrected chi connectivity index (χ3v) is 9.66. The zero-order valence-corrected chi connectivity index (χ0v) is 14.0. The Balaban J connectivity index is 1.66. The molecule has 4 bridgehead atoms. The maximum atomic E-state index is 2.38. The Hall–Kier alpha value is 0.430. The molecule has 4 fully saturated rings. The van der Waals surface area contributed by atoms with Crippen molar-refractivity contribution in [1.82, 2.24) is 0 Å². The van der Waals surface area contributed by atoms with E-state index in [0.29, 0.717) is 7.92 Å². The first kappa shape index (κ1) is 14.4. The SMILES string of the molecule is CCCCP(CCCC)C1C2CC3CC(C2)CC1C3. The maximum absolute atomic E-state index is 2.38. The highest BCUT2D eigenvalue weighted by molar-refractivity contribution is 7.58. The van der Waals surface area contributed by atoms with E-state index in [9.17, 15) is 0 Å². The normalized spacial score (nSPS) is 40.3. The van der Waals surface area contributed by atoms with Gasteiger partial charge in [0.15, 0.2) is 0 Å². The van der Waals surface area contributed by atoms with Crippen LogP contribution in [0.4, 0.5) is 0 Å². The van der Waals surface area contributed by atoms with E-state index in [-0.39, 0.29) is 0 Å². The fourth-order valence-corrected chi connectivity index (χ4v) is 9.57. The van der Waals surface area contributed by atoms with Crippen LogP contribution in [0.15, 0.2) is 0 Å². The molecule has 0 amide bonds. The van der Waals surface area contributed by atoms with Crippen LogP contribution < -0.4 is 0 Å². The Kier molecular flexibility index (Phi) is 4.89. The average Bonchev–Trinajstić information content (AvgIpc) is 2.39. The summed E-state index contributed by atoms with van der Waals surface area (Å²) < 4.78 is 0. The summed E-state index contributed by atoms with van der Waals surface area (Å²) in [7, 11) is 0.378. The summed E-state index contributed by atoms with van der Waals surface area (Å²) in [5.41, 5.74) is 1.21. The Labute approximate surface area is 121 Å². The van der Waals surface area contributed by atoms with Gasteiger partial charge in [-0.3, -0.25) is 0 Å². The van der Waals surface area contributed by atoms with Crippen LogP contribution in [0.2, 0.25) is 0 Å². The molecule has 4 aliphatic rings. The number of hydrogen-bond acceptors (Lipinski definition) is 0. The second-order valence-electron chi connectivity index (χ2n) is 7.66.